The first-order chi connectivity index (χ1) is 9.06. The highest BCUT2D eigenvalue weighted by Crippen LogP contribution is 2.19. The number of morpholine rings is 1. The van der Waals surface area contributed by atoms with Gasteiger partial charge >= 0.3 is 6.09 Å². The first-order valence-electron chi connectivity index (χ1n) is 6.25. The molecule has 6 nitrogen and oxygen atoms in total. The van der Waals surface area contributed by atoms with Crippen molar-refractivity contribution in [1.29, 1.82) is 0 Å². The maximum absolute atomic E-state index is 10.9. The Kier molecular flexibility index (Phi) is 4.11. The van der Waals surface area contributed by atoms with Crippen molar-refractivity contribution in [3.8, 4) is 0 Å². The summed E-state index contributed by atoms with van der Waals surface area (Å²) in [5, 5.41) is 12.1. The quantitative estimate of drug-likeness (QED) is 0.718. The van der Waals surface area contributed by atoms with Gasteiger partial charge in [-0.25, -0.2) is 4.79 Å². The lowest BCUT2D eigenvalue weighted by Gasteiger charge is -2.31. The number of anilines is 2. The number of benzene rings is 1. The Morgan fingerprint density at radius 3 is 3.11 bits per heavy atom. The number of hydrogen-bond donors (Lipinski definition) is 3. The number of nitrogens with zero attached hydrogens (tertiary/aromatic N) is 1. The average Bonchev–Trinajstić information content (AvgIpc) is 2.38. The van der Waals surface area contributed by atoms with Gasteiger partial charge in [-0.2, -0.15) is 0 Å². The summed E-state index contributed by atoms with van der Waals surface area (Å²) >= 11 is 0. The van der Waals surface area contributed by atoms with Gasteiger partial charge in [0.1, 0.15) is 0 Å². The summed E-state index contributed by atoms with van der Waals surface area (Å²) < 4.78 is 5.54. The Labute approximate surface area is 112 Å². The van der Waals surface area contributed by atoms with E-state index in [4.69, 9.17) is 15.6 Å². The molecule has 1 aromatic carbocycles. The van der Waals surface area contributed by atoms with E-state index in [2.05, 4.69) is 5.32 Å². The van der Waals surface area contributed by atoms with Crippen molar-refractivity contribution in [3.05, 3.63) is 23.8 Å². The Morgan fingerprint density at radius 2 is 2.42 bits per heavy atom. The average molecular weight is 265 g/mol. The predicted octanol–water partition coefficient (Wildman–Crippen LogP) is 1.37. The third kappa shape index (κ3) is 3.51. The number of carbonyl (C=O) groups is 1. The molecule has 1 aliphatic heterocycles. The zero-order valence-electron chi connectivity index (χ0n) is 10.9. The van der Waals surface area contributed by atoms with E-state index in [0.717, 1.165) is 11.3 Å². The summed E-state index contributed by atoms with van der Waals surface area (Å²) in [7, 11) is 0. The van der Waals surface area contributed by atoms with Gasteiger partial charge in [0.05, 0.1) is 30.6 Å². The highest BCUT2D eigenvalue weighted by Gasteiger charge is 2.23. The third-order valence-electron chi connectivity index (χ3n) is 3.14. The monoisotopic (exact) mass is 265 g/mol. The molecule has 19 heavy (non-hydrogen) atoms. The lowest BCUT2D eigenvalue weighted by molar-refractivity contribution is -0.0147. The molecule has 0 saturated carbocycles. The molecule has 0 aliphatic carbocycles. The fourth-order valence-electron chi connectivity index (χ4n) is 2.08. The van der Waals surface area contributed by atoms with Gasteiger partial charge in [-0.1, -0.05) is 6.07 Å². The standard InChI is InChI=1S/C13H19N3O3/c1-9-2-3-12(11(14)6-9)15-7-10-8-16(13(17)18)4-5-19-10/h2-3,6,10,15H,4-5,7-8,14H2,1H3,(H,17,18)/t10-/m0/s1. The first-order valence-corrected chi connectivity index (χ1v) is 6.25. The largest absolute Gasteiger partial charge is 0.465 e. The predicted molar refractivity (Wildman–Crippen MR) is 73.4 cm³/mol. The molecule has 2 rings (SSSR count). The van der Waals surface area contributed by atoms with Crippen LogP contribution in [0.5, 0.6) is 0 Å². The lowest BCUT2D eigenvalue weighted by atomic mass is 10.2. The molecule has 0 bridgehead atoms. The van der Waals surface area contributed by atoms with E-state index in [9.17, 15) is 4.79 Å². The summed E-state index contributed by atoms with van der Waals surface area (Å²) in [6.45, 7) is 3.76. The van der Waals surface area contributed by atoms with Gasteiger partial charge in [0, 0.05) is 13.1 Å². The smallest absolute Gasteiger partial charge is 0.407 e. The van der Waals surface area contributed by atoms with Crippen molar-refractivity contribution in [3.63, 3.8) is 0 Å². The van der Waals surface area contributed by atoms with Crippen molar-refractivity contribution < 1.29 is 14.6 Å². The van der Waals surface area contributed by atoms with Crippen LogP contribution in [0.4, 0.5) is 16.2 Å². The molecule has 104 valence electrons. The van der Waals surface area contributed by atoms with Gasteiger partial charge in [0.25, 0.3) is 0 Å². The minimum Gasteiger partial charge on any atom is -0.465 e. The number of nitrogens with one attached hydrogen (secondary N) is 1. The number of carboxylic acid groups (broad SMARTS) is 1. The van der Waals surface area contributed by atoms with Gasteiger partial charge in [-0.15, -0.1) is 0 Å². The van der Waals surface area contributed by atoms with Gasteiger partial charge in [-0.05, 0) is 24.6 Å². The van der Waals surface area contributed by atoms with E-state index in [-0.39, 0.29) is 6.10 Å². The summed E-state index contributed by atoms with van der Waals surface area (Å²) in [6, 6.07) is 5.79. The molecule has 0 unspecified atom stereocenters. The second-order valence-electron chi connectivity index (χ2n) is 4.69. The number of aryl methyl sites for hydroxylation is 1. The SMILES string of the molecule is Cc1ccc(NC[C@H]2CN(C(=O)O)CCO2)c(N)c1. The van der Waals surface area contributed by atoms with Gasteiger partial charge < -0.3 is 25.8 Å². The zero-order chi connectivity index (χ0) is 13.8. The maximum Gasteiger partial charge on any atom is 0.407 e. The Balaban J connectivity index is 1.89. The molecule has 0 aromatic heterocycles. The summed E-state index contributed by atoms with van der Waals surface area (Å²) in [5.41, 5.74) is 8.55. The van der Waals surface area contributed by atoms with Crippen LogP contribution in [0, 0.1) is 6.92 Å². The first kappa shape index (κ1) is 13.5. The van der Waals surface area contributed by atoms with E-state index in [0.29, 0.717) is 31.9 Å². The molecular weight excluding hydrogens is 246 g/mol. The molecule has 1 amide bonds. The minimum atomic E-state index is -0.900. The number of hydrogen-bond acceptors (Lipinski definition) is 4. The van der Waals surface area contributed by atoms with Crippen molar-refractivity contribution in [2.24, 2.45) is 0 Å². The van der Waals surface area contributed by atoms with Crippen LogP contribution in [-0.4, -0.2) is 48.4 Å². The van der Waals surface area contributed by atoms with E-state index in [1.807, 2.05) is 25.1 Å². The number of ether oxygens (including phenoxy) is 1. The highest BCUT2D eigenvalue weighted by molar-refractivity contribution is 5.67. The van der Waals surface area contributed by atoms with E-state index >= 15 is 0 Å². The molecule has 1 aromatic rings. The molecule has 0 radical (unpaired) electrons. The topological polar surface area (TPSA) is 87.8 Å². The molecule has 1 heterocycles. The normalized spacial score (nSPS) is 19.2. The van der Waals surface area contributed by atoms with Crippen LogP contribution in [-0.2, 0) is 4.74 Å². The van der Waals surface area contributed by atoms with Crippen molar-refractivity contribution in [1.82, 2.24) is 4.90 Å². The number of amides is 1. The molecule has 1 atom stereocenters. The maximum atomic E-state index is 10.9. The van der Waals surface area contributed by atoms with Crippen molar-refractivity contribution in [2.45, 2.75) is 13.0 Å². The van der Waals surface area contributed by atoms with Crippen molar-refractivity contribution in [2.75, 3.05) is 37.3 Å². The van der Waals surface area contributed by atoms with Crippen LogP contribution in [0.3, 0.4) is 0 Å². The molecule has 0 spiro atoms. The summed E-state index contributed by atoms with van der Waals surface area (Å²) in [6.07, 6.45) is -1.05. The number of nitrogen functional groups attached to an aromatic ring is 1. The van der Waals surface area contributed by atoms with Crippen LogP contribution in [0.2, 0.25) is 0 Å². The van der Waals surface area contributed by atoms with Crippen LogP contribution < -0.4 is 11.1 Å². The van der Waals surface area contributed by atoms with Gasteiger partial charge in [0.15, 0.2) is 0 Å². The molecular formula is C13H19N3O3. The molecule has 1 aliphatic rings. The second-order valence-corrected chi connectivity index (χ2v) is 4.69. The number of rotatable bonds is 3. The van der Waals surface area contributed by atoms with Gasteiger partial charge in [-0.3, -0.25) is 0 Å². The summed E-state index contributed by atoms with van der Waals surface area (Å²) in [4.78, 5) is 12.3. The van der Waals surface area contributed by atoms with Crippen LogP contribution >= 0.6 is 0 Å². The highest BCUT2D eigenvalue weighted by atomic mass is 16.5. The van der Waals surface area contributed by atoms with Crippen LogP contribution in [0.1, 0.15) is 5.56 Å². The van der Waals surface area contributed by atoms with Crippen LogP contribution in [0.25, 0.3) is 0 Å². The fourth-order valence-corrected chi connectivity index (χ4v) is 2.08. The molecule has 4 N–H and O–H groups in total. The Bertz CT molecular complexity index is 464. The van der Waals surface area contributed by atoms with Crippen LogP contribution in [0.15, 0.2) is 18.2 Å². The zero-order valence-corrected chi connectivity index (χ0v) is 10.9. The van der Waals surface area contributed by atoms with E-state index < -0.39 is 6.09 Å². The van der Waals surface area contributed by atoms with E-state index in [1.54, 1.807) is 0 Å². The van der Waals surface area contributed by atoms with Crippen molar-refractivity contribution >= 4 is 17.5 Å². The molecule has 1 fully saturated rings. The second kappa shape index (κ2) is 5.79. The lowest BCUT2D eigenvalue weighted by Crippen LogP contribution is -2.47. The van der Waals surface area contributed by atoms with E-state index in [1.165, 1.54) is 4.90 Å². The fraction of sp³-hybridized carbons (Fsp3) is 0.462. The Hall–Kier alpha value is -1.95. The summed E-state index contributed by atoms with van der Waals surface area (Å²) in [5.74, 6) is 0. The third-order valence-corrected chi connectivity index (χ3v) is 3.14. The molecule has 6 heteroatoms. The van der Waals surface area contributed by atoms with Gasteiger partial charge in [0.2, 0.25) is 0 Å². The number of nitrogens with two attached hydrogens (primary N) is 1. The Morgan fingerprint density at radius 1 is 1.63 bits per heavy atom. The molecule has 1 saturated heterocycles. The minimum absolute atomic E-state index is 0.148.